The molecule has 0 saturated heterocycles. The fraction of sp³-hybridized carbons (Fsp3) is 0.0417. The Balaban J connectivity index is 1.87. The number of rotatable bonds is 2. The Hall–Kier alpha value is -3.39. The number of aromatic amines is 1. The summed E-state index contributed by atoms with van der Waals surface area (Å²) in [5.74, 6) is 0. The van der Waals surface area contributed by atoms with Crippen molar-refractivity contribution in [1.82, 2.24) is 9.97 Å². The van der Waals surface area contributed by atoms with Crippen molar-refractivity contribution in [3.63, 3.8) is 0 Å². The number of para-hydroxylation sites is 1. The van der Waals surface area contributed by atoms with Crippen LogP contribution in [0.4, 0.5) is 0 Å². The van der Waals surface area contributed by atoms with E-state index in [0.717, 1.165) is 33.2 Å². The van der Waals surface area contributed by atoms with Crippen LogP contribution in [0.5, 0.6) is 0 Å². The molecule has 0 fully saturated rings. The second kappa shape index (κ2) is 5.85. The highest BCUT2D eigenvalue weighted by molar-refractivity contribution is 6.10. The third-order valence-corrected chi connectivity index (χ3v) is 4.89. The molecule has 0 radical (unpaired) electrons. The first kappa shape index (κ1) is 14.9. The quantitative estimate of drug-likeness (QED) is 0.400. The van der Waals surface area contributed by atoms with Crippen molar-refractivity contribution in [3.8, 4) is 22.4 Å². The molecule has 0 bridgehead atoms. The summed E-state index contributed by atoms with van der Waals surface area (Å²) in [5, 5.41) is 1.16. The lowest BCUT2D eigenvalue weighted by Crippen LogP contribution is -1.89. The van der Waals surface area contributed by atoms with E-state index < -0.39 is 0 Å². The smallest absolute Gasteiger partial charge is 0.0971 e. The van der Waals surface area contributed by atoms with Crippen molar-refractivity contribution in [2.75, 3.05) is 0 Å². The molecule has 1 N–H and O–H groups in total. The third kappa shape index (κ3) is 2.39. The highest BCUT2D eigenvalue weighted by Gasteiger charge is 2.14. The standard InChI is InChI=1S/C24H18N2/c1-16-11-13-18(14-12-16)22-15-20(17-7-3-2-4-8-17)24-23(26-22)19-9-5-6-10-21(19)25-24/h2-15,25H,1H3. The molecule has 2 aromatic heterocycles. The molecule has 0 unspecified atom stereocenters. The molecular weight excluding hydrogens is 316 g/mol. The van der Waals surface area contributed by atoms with Gasteiger partial charge >= 0.3 is 0 Å². The molecule has 3 aromatic carbocycles. The first-order valence-electron chi connectivity index (χ1n) is 8.83. The lowest BCUT2D eigenvalue weighted by Gasteiger charge is -2.08. The van der Waals surface area contributed by atoms with Gasteiger partial charge in [0.05, 0.1) is 16.7 Å². The van der Waals surface area contributed by atoms with E-state index in [4.69, 9.17) is 4.98 Å². The Labute approximate surface area is 152 Å². The lowest BCUT2D eigenvalue weighted by atomic mass is 10.0. The van der Waals surface area contributed by atoms with Crippen molar-refractivity contribution in [1.29, 1.82) is 0 Å². The van der Waals surface area contributed by atoms with Crippen LogP contribution in [-0.4, -0.2) is 9.97 Å². The van der Waals surface area contributed by atoms with Crippen molar-refractivity contribution in [3.05, 3.63) is 90.5 Å². The molecule has 0 aliphatic carbocycles. The minimum Gasteiger partial charge on any atom is -0.353 e. The van der Waals surface area contributed by atoms with Gasteiger partial charge in [-0.15, -0.1) is 0 Å². The van der Waals surface area contributed by atoms with Crippen molar-refractivity contribution in [2.24, 2.45) is 0 Å². The van der Waals surface area contributed by atoms with Gasteiger partial charge in [0.1, 0.15) is 0 Å². The molecule has 5 rings (SSSR count). The first-order chi connectivity index (χ1) is 12.8. The summed E-state index contributed by atoms with van der Waals surface area (Å²) >= 11 is 0. The lowest BCUT2D eigenvalue weighted by molar-refractivity contribution is 1.38. The van der Waals surface area contributed by atoms with Crippen LogP contribution in [0.15, 0.2) is 84.9 Å². The van der Waals surface area contributed by atoms with E-state index in [1.807, 2.05) is 6.07 Å². The second-order valence-corrected chi connectivity index (χ2v) is 6.68. The fourth-order valence-electron chi connectivity index (χ4n) is 3.52. The molecule has 2 nitrogen and oxygen atoms in total. The van der Waals surface area contributed by atoms with E-state index >= 15 is 0 Å². The number of aryl methyl sites for hydroxylation is 1. The number of aromatic nitrogens is 2. The molecule has 26 heavy (non-hydrogen) atoms. The van der Waals surface area contributed by atoms with Gasteiger partial charge in [-0.3, -0.25) is 0 Å². The Bertz CT molecular complexity index is 1220. The average Bonchev–Trinajstić information content (AvgIpc) is 3.07. The average molecular weight is 334 g/mol. The van der Waals surface area contributed by atoms with Gasteiger partial charge in [0.2, 0.25) is 0 Å². The topological polar surface area (TPSA) is 28.7 Å². The van der Waals surface area contributed by atoms with Crippen LogP contribution < -0.4 is 0 Å². The van der Waals surface area contributed by atoms with Crippen LogP contribution >= 0.6 is 0 Å². The molecule has 0 aliphatic rings. The van der Waals surface area contributed by atoms with Gasteiger partial charge in [-0.25, -0.2) is 4.98 Å². The van der Waals surface area contributed by atoms with Crippen LogP contribution in [0.1, 0.15) is 5.56 Å². The molecule has 0 spiro atoms. The fourth-order valence-corrected chi connectivity index (χ4v) is 3.52. The Morgan fingerprint density at radius 2 is 1.46 bits per heavy atom. The van der Waals surface area contributed by atoms with Crippen molar-refractivity contribution >= 4 is 21.9 Å². The van der Waals surface area contributed by atoms with E-state index in [1.165, 1.54) is 16.7 Å². The van der Waals surface area contributed by atoms with Gasteiger partial charge in [0.25, 0.3) is 0 Å². The minimum atomic E-state index is 1.00. The van der Waals surface area contributed by atoms with E-state index in [0.29, 0.717) is 0 Å². The van der Waals surface area contributed by atoms with Gasteiger partial charge in [0.15, 0.2) is 0 Å². The third-order valence-electron chi connectivity index (χ3n) is 4.89. The zero-order valence-electron chi connectivity index (χ0n) is 14.5. The van der Waals surface area contributed by atoms with E-state index in [2.05, 4.69) is 90.8 Å². The van der Waals surface area contributed by atoms with E-state index in [1.54, 1.807) is 0 Å². The summed E-state index contributed by atoms with van der Waals surface area (Å²) in [4.78, 5) is 8.59. The number of pyridine rings is 1. The normalized spacial score (nSPS) is 11.3. The Morgan fingerprint density at radius 3 is 2.27 bits per heavy atom. The maximum Gasteiger partial charge on any atom is 0.0971 e. The summed E-state index contributed by atoms with van der Waals surface area (Å²) < 4.78 is 0. The van der Waals surface area contributed by atoms with Gasteiger partial charge < -0.3 is 4.98 Å². The van der Waals surface area contributed by atoms with Crippen molar-refractivity contribution in [2.45, 2.75) is 6.92 Å². The largest absolute Gasteiger partial charge is 0.353 e. The molecule has 5 aromatic rings. The SMILES string of the molecule is Cc1ccc(-c2cc(-c3ccccc3)c3[nH]c4ccccc4c3n2)cc1. The van der Waals surface area contributed by atoms with Gasteiger partial charge in [-0.1, -0.05) is 78.4 Å². The monoisotopic (exact) mass is 334 g/mol. The van der Waals surface area contributed by atoms with Crippen LogP contribution in [0.25, 0.3) is 44.3 Å². The van der Waals surface area contributed by atoms with Gasteiger partial charge in [-0.2, -0.15) is 0 Å². The molecule has 2 heterocycles. The molecule has 0 amide bonds. The molecular formula is C24H18N2. The molecule has 2 heteroatoms. The number of nitrogens with zero attached hydrogens (tertiary/aromatic N) is 1. The summed E-state index contributed by atoms with van der Waals surface area (Å²) in [6, 6.07) is 29.6. The summed E-state index contributed by atoms with van der Waals surface area (Å²) in [6.07, 6.45) is 0. The van der Waals surface area contributed by atoms with Gasteiger partial charge in [0, 0.05) is 22.0 Å². The Morgan fingerprint density at radius 1 is 0.731 bits per heavy atom. The minimum absolute atomic E-state index is 1.00. The zero-order chi connectivity index (χ0) is 17.5. The van der Waals surface area contributed by atoms with E-state index in [-0.39, 0.29) is 0 Å². The zero-order valence-corrected chi connectivity index (χ0v) is 14.5. The van der Waals surface area contributed by atoms with Gasteiger partial charge in [-0.05, 0) is 24.6 Å². The van der Waals surface area contributed by atoms with Crippen LogP contribution in [-0.2, 0) is 0 Å². The van der Waals surface area contributed by atoms with Crippen LogP contribution in [0.3, 0.4) is 0 Å². The molecule has 0 aliphatic heterocycles. The number of H-pyrrole nitrogens is 1. The maximum atomic E-state index is 5.02. The predicted octanol–water partition coefficient (Wildman–Crippen LogP) is 6.36. The number of hydrogen-bond acceptors (Lipinski definition) is 1. The van der Waals surface area contributed by atoms with E-state index in [9.17, 15) is 0 Å². The maximum absolute atomic E-state index is 5.02. The number of benzene rings is 3. The predicted molar refractivity (Wildman–Crippen MR) is 109 cm³/mol. The van der Waals surface area contributed by atoms with Crippen LogP contribution in [0, 0.1) is 6.92 Å². The summed E-state index contributed by atoms with van der Waals surface area (Å²) in [6.45, 7) is 2.11. The summed E-state index contributed by atoms with van der Waals surface area (Å²) in [5.41, 5.74) is 9.01. The highest BCUT2D eigenvalue weighted by atomic mass is 14.8. The highest BCUT2D eigenvalue weighted by Crippen LogP contribution is 2.35. The molecule has 124 valence electrons. The summed E-state index contributed by atoms with van der Waals surface area (Å²) in [7, 11) is 0. The van der Waals surface area contributed by atoms with Crippen LogP contribution in [0.2, 0.25) is 0 Å². The second-order valence-electron chi connectivity index (χ2n) is 6.68. The molecule has 0 saturated carbocycles. The van der Waals surface area contributed by atoms with Crippen molar-refractivity contribution < 1.29 is 0 Å². The number of hydrogen-bond donors (Lipinski definition) is 1. The first-order valence-corrected chi connectivity index (χ1v) is 8.83. The number of nitrogens with one attached hydrogen (secondary N) is 1. The molecule has 0 atom stereocenters. The Kier molecular flexibility index (Phi) is 3.36. The number of fused-ring (bicyclic) bond motifs is 3.